The van der Waals surface area contributed by atoms with Crippen molar-refractivity contribution >= 4 is 40.0 Å². The molecule has 0 aromatic heterocycles. The van der Waals surface area contributed by atoms with Crippen LogP contribution in [0.4, 0.5) is 0 Å². The first-order valence-corrected chi connectivity index (χ1v) is 9.64. The molecule has 0 unspecified atom stereocenters. The van der Waals surface area contributed by atoms with Crippen LogP contribution < -0.4 is 15.8 Å². The molecule has 0 amide bonds. The number of nitrogens with two attached hydrogens (primary N) is 1. The van der Waals surface area contributed by atoms with Crippen molar-refractivity contribution < 1.29 is 8.42 Å². The average molecular weight is 488 g/mol. The van der Waals surface area contributed by atoms with Gasteiger partial charge < -0.3 is 10.6 Å². The van der Waals surface area contributed by atoms with E-state index in [9.17, 15) is 8.42 Å². The van der Waals surface area contributed by atoms with E-state index in [1.165, 1.54) is 17.7 Å². The number of halogens is 1. The first-order chi connectivity index (χ1) is 12.0. The molecule has 26 heavy (non-hydrogen) atoms. The number of rotatable bonds is 7. The van der Waals surface area contributed by atoms with Crippen LogP contribution in [0.3, 0.4) is 0 Å². The van der Waals surface area contributed by atoms with Gasteiger partial charge in [-0.3, -0.25) is 4.99 Å². The van der Waals surface area contributed by atoms with Crippen molar-refractivity contribution in [3.63, 3.8) is 0 Å². The van der Waals surface area contributed by atoms with Crippen LogP contribution in [0.5, 0.6) is 0 Å². The molecule has 0 bridgehead atoms. The second kappa shape index (κ2) is 11.1. The molecule has 2 rings (SSSR count). The van der Waals surface area contributed by atoms with Gasteiger partial charge in [0.1, 0.15) is 0 Å². The van der Waals surface area contributed by atoms with Gasteiger partial charge >= 0.3 is 0 Å². The fourth-order valence-electron chi connectivity index (χ4n) is 2.36. The lowest BCUT2D eigenvalue weighted by molar-refractivity contribution is 0.598. The Labute approximate surface area is 172 Å². The number of benzene rings is 2. The number of nitrogens with zero attached hydrogens (tertiary/aromatic N) is 1. The first kappa shape index (κ1) is 22.4. The zero-order valence-electron chi connectivity index (χ0n) is 14.7. The van der Waals surface area contributed by atoms with Crippen molar-refractivity contribution in [1.29, 1.82) is 0 Å². The van der Waals surface area contributed by atoms with Crippen LogP contribution in [0, 0.1) is 0 Å². The third kappa shape index (κ3) is 7.71. The first-order valence-electron chi connectivity index (χ1n) is 8.09. The van der Waals surface area contributed by atoms with Crippen LogP contribution in [0.15, 0.2) is 64.5 Å². The predicted octanol–water partition coefficient (Wildman–Crippen LogP) is 1.90. The van der Waals surface area contributed by atoms with Crippen molar-refractivity contribution in [2.75, 3.05) is 20.1 Å². The maximum atomic E-state index is 11.2. The summed E-state index contributed by atoms with van der Waals surface area (Å²) in [5.74, 6) is 0.747. The summed E-state index contributed by atoms with van der Waals surface area (Å²) in [4.78, 5) is 4.32. The highest BCUT2D eigenvalue weighted by Gasteiger charge is 2.06. The molecule has 0 aliphatic heterocycles. The Kier molecular flexibility index (Phi) is 9.60. The summed E-state index contributed by atoms with van der Waals surface area (Å²) in [6.45, 7) is 1.49. The summed E-state index contributed by atoms with van der Waals surface area (Å²) in [6, 6.07) is 16.9. The summed E-state index contributed by atoms with van der Waals surface area (Å²) >= 11 is 0. The molecule has 0 spiro atoms. The minimum absolute atomic E-state index is 0. The van der Waals surface area contributed by atoms with Gasteiger partial charge in [0, 0.05) is 20.1 Å². The van der Waals surface area contributed by atoms with Gasteiger partial charge in [-0.2, -0.15) is 0 Å². The summed E-state index contributed by atoms with van der Waals surface area (Å²) in [7, 11) is -1.90. The fourth-order valence-corrected chi connectivity index (χ4v) is 2.88. The number of aliphatic imine (C=N–C) groups is 1. The number of hydrogen-bond acceptors (Lipinski definition) is 3. The van der Waals surface area contributed by atoms with Gasteiger partial charge in [0.25, 0.3) is 0 Å². The van der Waals surface area contributed by atoms with Gasteiger partial charge in [-0.1, -0.05) is 42.5 Å². The summed E-state index contributed by atoms with van der Waals surface area (Å²) < 4.78 is 22.5. The summed E-state index contributed by atoms with van der Waals surface area (Å²) in [6.07, 6.45) is 1.68. The van der Waals surface area contributed by atoms with E-state index in [2.05, 4.69) is 27.8 Å². The van der Waals surface area contributed by atoms with Crippen molar-refractivity contribution in [2.45, 2.75) is 17.7 Å². The van der Waals surface area contributed by atoms with Crippen LogP contribution >= 0.6 is 24.0 Å². The lowest BCUT2D eigenvalue weighted by Crippen LogP contribution is -2.39. The average Bonchev–Trinajstić information content (AvgIpc) is 2.61. The largest absolute Gasteiger partial charge is 0.356 e. The van der Waals surface area contributed by atoms with E-state index in [-0.39, 0.29) is 28.9 Å². The van der Waals surface area contributed by atoms with Crippen molar-refractivity contribution in [3.05, 3.63) is 65.7 Å². The van der Waals surface area contributed by atoms with Crippen molar-refractivity contribution in [1.82, 2.24) is 10.6 Å². The maximum Gasteiger partial charge on any atom is 0.238 e. The number of guanidine groups is 1. The van der Waals surface area contributed by atoms with E-state index in [0.29, 0.717) is 6.54 Å². The lowest BCUT2D eigenvalue weighted by atomic mass is 10.1. The molecular formula is C18H25IN4O2S. The molecule has 142 valence electrons. The zero-order chi connectivity index (χ0) is 18.1. The Balaban J connectivity index is 0.00000338. The van der Waals surface area contributed by atoms with E-state index in [1.54, 1.807) is 19.2 Å². The van der Waals surface area contributed by atoms with Gasteiger partial charge in [0.05, 0.1) is 4.90 Å². The third-order valence-electron chi connectivity index (χ3n) is 3.73. The topological polar surface area (TPSA) is 96.6 Å². The molecule has 0 saturated carbocycles. The smallest absolute Gasteiger partial charge is 0.238 e. The molecule has 6 nitrogen and oxygen atoms in total. The lowest BCUT2D eigenvalue weighted by Gasteiger charge is -2.12. The molecule has 2 aromatic carbocycles. The highest BCUT2D eigenvalue weighted by molar-refractivity contribution is 14.0. The Morgan fingerprint density at radius 2 is 1.42 bits per heavy atom. The molecule has 8 heteroatoms. The second-order valence-corrected chi connectivity index (χ2v) is 7.16. The highest BCUT2D eigenvalue weighted by Crippen LogP contribution is 2.08. The van der Waals surface area contributed by atoms with Crippen LogP contribution in [-0.2, 0) is 22.9 Å². The monoisotopic (exact) mass is 488 g/mol. The molecule has 0 atom stereocenters. The SMILES string of the molecule is CN=C(NCCc1ccccc1)NCCc1ccc(S(N)(=O)=O)cc1.I. The molecule has 4 N–H and O–H groups in total. The summed E-state index contributed by atoms with van der Waals surface area (Å²) in [5, 5.41) is 11.6. The molecule has 0 fully saturated rings. The fraction of sp³-hybridized carbons (Fsp3) is 0.278. The molecular weight excluding hydrogens is 463 g/mol. The molecule has 0 radical (unpaired) electrons. The molecule has 0 heterocycles. The van der Waals surface area contributed by atoms with Crippen LogP contribution in [0.2, 0.25) is 0 Å². The molecule has 0 saturated heterocycles. The standard InChI is InChI=1S/C18H24N4O2S.HI/c1-20-18(21-13-11-15-5-3-2-4-6-15)22-14-12-16-7-9-17(10-8-16)25(19,23)24;/h2-10H,11-14H2,1H3,(H2,19,23,24)(H2,20,21,22);1H. The molecule has 0 aliphatic rings. The third-order valence-corrected chi connectivity index (χ3v) is 4.66. The van der Waals surface area contributed by atoms with Crippen LogP contribution in [-0.4, -0.2) is 34.5 Å². The Hall–Kier alpha value is -1.65. The Morgan fingerprint density at radius 1 is 0.923 bits per heavy atom. The predicted molar refractivity (Wildman–Crippen MR) is 116 cm³/mol. The second-order valence-electron chi connectivity index (χ2n) is 5.60. The maximum absolute atomic E-state index is 11.2. The highest BCUT2D eigenvalue weighted by atomic mass is 127. The van der Waals surface area contributed by atoms with Crippen LogP contribution in [0.25, 0.3) is 0 Å². The number of hydrogen-bond donors (Lipinski definition) is 3. The summed E-state index contributed by atoms with van der Waals surface area (Å²) in [5.41, 5.74) is 2.31. The van der Waals surface area contributed by atoms with Crippen molar-refractivity contribution in [3.8, 4) is 0 Å². The Bertz CT molecular complexity index is 794. The van der Waals surface area contributed by atoms with E-state index < -0.39 is 10.0 Å². The van der Waals surface area contributed by atoms with Gasteiger partial charge in [-0.15, -0.1) is 24.0 Å². The minimum Gasteiger partial charge on any atom is -0.356 e. The normalized spacial score (nSPS) is 11.5. The Morgan fingerprint density at radius 3 is 1.88 bits per heavy atom. The van der Waals surface area contributed by atoms with E-state index in [4.69, 9.17) is 5.14 Å². The van der Waals surface area contributed by atoms with E-state index in [1.807, 2.05) is 18.2 Å². The minimum atomic E-state index is -3.64. The van der Waals surface area contributed by atoms with Gasteiger partial charge in [0.2, 0.25) is 10.0 Å². The molecule has 2 aromatic rings. The van der Waals surface area contributed by atoms with E-state index >= 15 is 0 Å². The zero-order valence-corrected chi connectivity index (χ0v) is 17.8. The van der Waals surface area contributed by atoms with E-state index in [0.717, 1.165) is 30.9 Å². The molecule has 0 aliphatic carbocycles. The van der Waals surface area contributed by atoms with Gasteiger partial charge in [-0.05, 0) is 36.1 Å². The van der Waals surface area contributed by atoms with Gasteiger partial charge in [-0.25, -0.2) is 13.6 Å². The number of primary sulfonamides is 1. The number of nitrogens with one attached hydrogen (secondary N) is 2. The number of sulfonamides is 1. The van der Waals surface area contributed by atoms with Crippen LogP contribution in [0.1, 0.15) is 11.1 Å². The quantitative estimate of drug-likeness (QED) is 0.315. The van der Waals surface area contributed by atoms with Gasteiger partial charge in [0.15, 0.2) is 5.96 Å². The van der Waals surface area contributed by atoms with Crippen molar-refractivity contribution in [2.24, 2.45) is 10.1 Å².